The molecule has 1 fully saturated rings. The molecule has 3 nitrogen and oxygen atoms in total. The van der Waals surface area contributed by atoms with Crippen molar-refractivity contribution in [3.63, 3.8) is 0 Å². The first kappa shape index (κ1) is 15.5. The van der Waals surface area contributed by atoms with Crippen molar-refractivity contribution >= 4 is 0 Å². The molecule has 1 aliphatic heterocycles. The van der Waals surface area contributed by atoms with Gasteiger partial charge in [-0.3, -0.25) is 4.90 Å². The Morgan fingerprint density at radius 1 is 1.35 bits per heavy atom. The van der Waals surface area contributed by atoms with Crippen molar-refractivity contribution < 1.29 is 4.74 Å². The minimum atomic E-state index is 0.326. The van der Waals surface area contributed by atoms with Crippen LogP contribution in [0.15, 0.2) is 30.3 Å². The van der Waals surface area contributed by atoms with Gasteiger partial charge in [-0.05, 0) is 30.9 Å². The van der Waals surface area contributed by atoms with Crippen LogP contribution >= 0.6 is 0 Å². The van der Waals surface area contributed by atoms with E-state index in [9.17, 15) is 0 Å². The zero-order chi connectivity index (χ0) is 14.4. The van der Waals surface area contributed by atoms with Crippen molar-refractivity contribution in [3.8, 4) is 0 Å². The Bertz CT molecular complexity index is 382. The van der Waals surface area contributed by atoms with Crippen molar-refractivity contribution in [2.24, 2.45) is 11.7 Å². The van der Waals surface area contributed by atoms with Crippen molar-refractivity contribution in [2.45, 2.75) is 38.3 Å². The number of nitrogens with two attached hydrogens (primary N) is 1. The highest BCUT2D eigenvalue weighted by atomic mass is 16.5. The number of nitrogens with zero attached hydrogens (tertiary/aromatic N) is 1. The average Bonchev–Trinajstić information content (AvgIpc) is 2.53. The molecule has 0 amide bonds. The minimum absolute atomic E-state index is 0.326. The standard InChI is InChI=1S/C17H28N2O/c1-3-14-9-10-19(16(11-14)12-18)17(13-20-2)15-7-5-4-6-8-15/h4-8,14,16-17H,3,9-13,18H2,1-2H3. The fourth-order valence-corrected chi connectivity index (χ4v) is 3.38. The van der Waals surface area contributed by atoms with Crippen molar-refractivity contribution in [1.82, 2.24) is 4.90 Å². The normalized spacial score (nSPS) is 25.6. The molecule has 3 unspecified atom stereocenters. The number of ether oxygens (including phenoxy) is 1. The summed E-state index contributed by atoms with van der Waals surface area (Å²) >= 11 is 0. The van der Waals surface area contributed by atoms with Crippen LogP contribution in [0.3, 0.4) is 0 Å². The van der Waals surface area contributed by atoms with Crippen molar-refractivity contribution in [3.05, 3.63) is 35.9 Å². The second-order valence-electron chi connectivity index (χ2n) is 5.81. The molecule has 3 heteroatoms. The van der Waals surface area contributed by atoms with E-state index in [1.807, 2.05) is 0 Å². The molecule has 1 aromatic carbocycles. The van der Waals surface area contributed by atoms with Gasteiger partial charge >= 0.3 is 0 Å². The van der Waals surface area contributed by atoms with Crippen LogP contribution < -0.4 is 5.73 Å². The second-order valence-corrected chi connectivity index (χ2v) is 5.81. The van der Waals surface area contributed by atoms with E-state index in [1.165, 1.54) is 24.8 Å². The quantitative estimate of drug-likeness (QED) is 0.868. The molecule has 2 rings (SSSR count). The third kappa shape index (κ3) is 3.60. The molecular weight excluding hydrogens is 248 g/mol. The van der Waals surface area contributed by atoms with E-state index in [0.717, 1.165) is 25.6 Å². The molecule has 0 aliphatic carbocycles. The molecular formula is C17H28N2O. The largest absolute Gasteiger partial charge is 0.383 e. The van der Waals surface area contributed by atoms with E-state index in [-0.39, 0.29) is 0 Å². The monoisotopic (exact) mass is 276 g/mol. The third-order valence-corrected chi connectivity index (χ3v) is 4.63. The predicted octanol–water partition coefficient (Wildman–Crippen LogP) is 2.82. The fraction of sp³-hybridized carbons (Fsp3) is 0.647. The number of likely N-dealkylation sites (tertiary alicyclic amines) is 1. The Labute approximate surface area is 123 Å². The number of piperidine rings is 1. The van der Waals surface area contributed by atoms with Crippen LogP contribution in [0, 0.1) is 5.92 Å². The summed E-state index contributed by atoms with van der Waals surface area (Å²) in [4.78, 5) is 2.56. The Morgan fingerprint density at radius 2 is 2.10 bits per heavy atom. The van der Waals surface area contributed by atoms with Gasteiger partial charge in [0, 0.05) is 19.7 Å². The summed E-state index contributed by atoms with van der Waals surface area (Å²) < 4.78 is 5.48. The van der Waals surface area contributed by atoms with Gasteiger partial charge in [-0.2, -0.15) is 0 Å². The lowest BCUT2D eigenvalue weighted by atomic mass is 9.87. The molecule has 1 heterocycles. The zero-order valence-corrected chi connectivity index (χ0v) is 12.8. The van der Waals surface area contributed by atoms with Gasteiger partial charge in [0.1, 0.15) is 0 Å². The van der Waals surface area contributed by atoms with Crippen LogP contribution in [0.25, 0.3) is 0 Å². The van der Waals surface area contributed by atoms with E-state index in [0.29, 0.717) is 12.1 Å². The summed E-state index contributed by atoms with van der Waals surface area (Å²) in [5.41, 5.74) is 7.38. The lowest BCUT2D eigenvalue weighted by Gasteiger charge is -2.43. The highest BCUT2D eigenvalue weighted by molar-refractivity contribution is 5.19. The fourth-order valence-electron chi connectivity index (χ4n) is 3.38. The van der Waals surface area contributed by atoms with Gasteiger partial charge in [-0.25, -0.2) is 0 Å². The molecule has 2 N–H and O–H groups in total. The highest BCUT2D eigenvalue weighted by Gasteiger charge is 2.32. The first-order chi connectivity index (χ1) is 9.80. The molecule has 1 saturated heterocycles. The van der Waals surface area contributed by atoms with Crippen LogP contribution in [-0.4, -0.2) is 37.7 Å². The van der Waals surface area contributed by atoms with E-state index in [4.69, 9.17) is 10.5 Å². The van der Waals surface area contributed by atoms with E-state index >= 15 is 0 Å². The summed E-state index contributed by atoms with van der Waals surface area (Å²) in [6.07, 6.45) is 3.77. The molecule has 112 valence electrons. The van der Waals surface area contributed by atoms with Gasteiger partial charge in [0.05, 0.1) is 12.6 Å². The number of hydrogen-bond acceptors (Lipinski definition) is 3. The van der Waals surface area contributed by atoms with E-state index in [2.05, 4.69) is 42.2 Å². The molecule has 0 aromatic heterocycles. The molecule has 1 aromatic rings. The molecule has 1 aliphatic rings. The second kappa shape index (κ2) is 7.77. The smallest absolute Gasteiger partial charge is 0.0659 e. The maximum Gasteiger partial charge on any atom is 0.0659 e. The summed E-state index contributed by atoms with van der Waals surface area (Å²) in [5.74, 6) is 0.832. The molecule has 0 spiro atoms. The lowest BCUT2D eigenvalue weighted by Crippen LogP contribution is -2.49. The predicted molar refractivity (Wildman–Crippen MR) is 83.6 cm³/mol. The van der Waals surface area contributed by atoms with Crippen LogP contribution in [0.2, 0.25) is 0 Å². The Balaban J connectivity index is 2.16. The summed E-state index contributed by atoms with van der Waals surface area (Å²) in [5, 5.41) is 0. The van der Waals surface area contributed by atoms with E-state index < -0.39 is 0 Å². The maximum absolute atomic E-state index is 6.04. The van der Waals surface area contributed by atoms with Crippen LogP contribution in [-0.2, 0) is 4.74 Å². The van der Waals surface area contributed by atoms with Gasteiger partial charge in [0.2, 0.25) is 0 Å². The molecule has 0 radical (unpaired) electrons. The third-order valence-electron chi connectivity index (χ3n) is 4.63. The van der Waals surface area contributed by atoms with Gasteiger partial charge in [-0.15, -0.1) is 0 Å². The molecule has 0 saturated carbocycles. The summed E-state index contributed by atoms with van der Waals surface area (Å²) in [6, 6.07) is 11.5. The van der Waals surface area contributed by atoms with Crippen molar-refractivity contribution in [2.75, 3.05) is 26.8 Å². The number of methoxy groups -OCH3 is 1. The Morgan fingerprint density at radius 3 is 2.70 bits per heavy atom. The van der Waals surface area contributed by atoms with Gasteiger partial charge in [-0.1, -0.05) is 43.7 Å². The van der Waals surface area contributed by atoms with Crippen LogP contribution in [0.5, 0.6) is 0 Å². The average molecular weight is 276 g/mol. The highest BCUT2D eigenvalue weighted by Crippen LogP contribution is 2.32. The number of rotatable bonds is 6. The van der Waals surface area contributed by atoms with Crippen molar-refractivity contribution in [1.29, 1.82) is 0 Å². The minimum Gasteiger partial charge on any atom is -0.383 e. The Hall–Kier alpha value is -0.900. The first-order valence-corrected chi connectivity index (χ1v) is 7.79. The lowest BCUT2D eigenvalue weighted by molar-refractivity contribution is 0.0262. The molecule has 3 atom stereocenters. The summed E-state index contributed by atoms with van der Waals surface area (Å²) in [7, 11) is 1.78. The van der Waals surface area contributed by atoms with E-state index in [1.54, 1.807) is 7.11 Å². The van der Waals surface area contributed by atoms with Crippen LogP contribution in [0.4, 0.5) is 0 Å². The molecule has 0 bridgehead atoms. The van der Waals surface area contributed by atoms with Gasteiger partial charge in [0.15, 0.2) is 0 Å². The first-order valence-electron chi connectivity index (χ1n) is 7.79. The topological polar surface area (TPSA) is 38.5 Å². The van der Waals surface area contributed by atoms with Gasteiger partial charge in [0.25, 0.3) is 0 Å². The maximum atomic E-state index is 6.04. The summed E-state index contributed by atoms with van der Waals surface area (Å²) in [6.45, 7) is 4.89. The molecule has 20 heavy (non-hydrogen) atoms. The number of benzene rings is 1. The zero-order valence-electron chi connectivity index (χ0n) is 12.8. The SMILES string of the molecule is CCC1CCN(C(COC)c2ccccc2)C(CN)C1. The number of hydrogen-bond donors (Lipinski definition) is 1. The van der Waals surface area contributed by atoms with Gasteiger partial charge < -0.3 is 10.5 Å². The Kier molecular flexibility index (Phi) is 6.02. The van der Waals surface area contributed by atoms with Crippen LogP contribution in [0.1, 0.15) is 37.8 Å².